The van der Waals surface area contributed by atoms with Crippen LogP contribution in [0.4, 0.5) is 0 Å². The van der Waals surface area contributed by atoms with Gasteiger partial charge in [-0.3, -0.25) is 4.79 Å². The van der Waals surface area contributed by atoms with Crippen molar-refractivity contribution < 1.29 is 9.53 Å². The number of fused-ring (bicyclic) bond motifs is 2. The molecule has 0 bridgehead atoms. The lowest BCUT2D eigenvalue weighted by atomic mass is 9.86. The normalized spacial score (nSPS) is 22.1. The fourth-order valence-electron chi connectivity index (χ4n) is 3.60. The van der Waals surface area contributed by atoms with Crippen LogP contribution in [0.5, 0.6) is 0 Å². The van der Waals surface area contributed by atoms with E-state index < -0.39 is 0 Å². The third-order valence-corrected chi connectivity index (χ3v) is 7.55. The van der Waals surface area contributed by atoms with E-state index in [9.17, 15) is 4.79 Å². The highest BCUT2D eigenvalue weighted by atomic mass is 32.2. The standard InChI is InChI=1S/C21H20O2S2/c1-23-21(22)18-13-24-19-16-10-6-5-7-14(16)11-12-17(19)20(18)25-15-8-3-2-4-9-15/h2-10,18,20H,11-13H2,1H3. The van der Waals surface area contributed by atoms with Gasteiger partial charge in [0.1, 0.15) is 0 Å². The zero-order chi connectivity index (χ0) is 17.2. The minimum atomic E-state index is -0.0933. The number of methoxy groups -OCH3 is 1. The summed E-state index contributed by atoms with van der Waals surface area (Å²) in [5.74, 6) is 0.597. The molecule has 1 aliphatic heterocycles. The molecule has 2 aromatic rings. The van der Waals surface area contributed by atoms with Crippen LogP contribution >= 0.6 is 23.5 Å². The molecule has 25 heavy (non-hydrogen) atoms. The van der Waals surface area contributed by atoms with E-state index in [1.54, 1.807) is 11.8 Å². The molecule has 0 fully saturated rings. The van der Waals surface area contributed by atoms with E-state index >= 15 is 0 Å². The van der Waals surface area contributed by atoms with Crippen molar-refractivity contribution in [1.29, 1.82) is 0 Å². The molecule has 0 aromatic heterocycles. The molecular weight excluding hydrogens is 348 g/mol. The number of hydrogen-bond acceptors (Lipinski definition) is 4. The molecule has 0 saturated carbocycles. The van der Waals surface area contributed by atoms with Gasteiger partial charge in [-0.1, -0.05) is 42.5 Å². The summed E-state index contributed by atoms with van der Waals surface area (Å²) in [7, 11) is 1.50. The SMILES string of the molecule is COC(=O)C1CSC2=C(CCc3ccccc32)C1Sc1ccccc1. The van der Waals surface area contributed by atoms with Crippen molar-refractivity contribution in [3.05, 3.63) is 71.3 Å². The number of hydrogen-bond donors (Lipinski definition) is 0. The zero-order valence-corrected chi connectivity index (χ0v) is 15.7. The highest BCUT2D eigenvalue weighted by Gasteiger charge is 2.39. The summed E-state index contributed by atoms with van der Waals surface area (Å²) in [5.41, 5.74) is 4.20. The number of aryl methyl sites for hydroxylation is 1. The first-order valence-corrected chi connectivity index (χ1v) is 10.4. The van der Waals surface area contributed by atoms with Gasteiger partial charge in [0.2, 0.25) is 0 Å². The molecule has 0 spiro atoms. The summed E-state index contributed by atoms with van der Waals surface area (Å²) < 4.78 is 5.12. The molecule has 1 heterocycles. The van der Waals surface area contributed by atoms with E-state index in [2.05, 4.69) is 48.5 Å². The van der Waals surface area contributed by atoms with Crippen LogP contribution in [-0.4, -0.2) is 24.1 Å². The van der Waals surface area contributed by atoms with Crippen LogP contribution in [-0.2, 0) is 16.0 Å². The van der Waals surface area contributed by atoms with Crippen LogP contribution in [0.15, 0.2) is 65.1 Å². The number of esters is 1. The fraction of sp³-hybridized carbons (Fsp3) is 0.286. The summed E-state index contributed by atoms with van der Waals surface area (Å²) in [6, 6.07) is 19.1. The van der Waals surface area contributed by atoms with E-state index in [-0.39, 0.29) is 17.1 Å². The Morgan fingerprint density at radius 1 is 1.08 bits per heavy atom. The Morgan fingerprint density at radius 2 is 1.84 bits per heavy atom. The van der Waals surface area contributed by atoms with Crippen molar-refractivity contribution in [1.82, 2.24) is 0 Å². The molecule has 2 aliphatic rings. The Hall–Kier alpha value is -1.65. The Labute approximate surface area is 157 Å². The van der Waals surface area contributed by atoms with Crippen LogP contribution in [0.2, 0.25) is 0 Å². The smallest absolute Gasteiger partial charge is 0.310 e. The second kappa shape index (κ2) is 7.30. The van der Waals surface area contributed by atoms with E-state index in [0.29, 0.717) is 0 Å². The maximum atomic E-state index is 12.4. The highest BCUT2D eigenvalue weighted by molar-refractivity contribution is 8.08. The third-order valence-electron chi connectivity index (χ3n) is 4.84. The lowest BCUT2D eigenvalue weighted by Gasteiger charge is -2.36. The molecule has 0 saturated heterocycles. The molecular formula is C21H20O2S2. The van der Waals surface area contributed by atoms with Gasteiger partial charge in [0.15, 0.2) is 0 Å². The maximum absolute atomic E-state index is 12.4. The summed E-state index contributed by atoms with van der Waals surface area (Å²) in [4.78, 5) is 15.0. The van der Waals surface area contributed by atoms with Gasteiger partial charge in [0.05, 0.1) is 13.0 Å². The van der Waals surface area contributed by atoms with Crippen molar-refractivity contribution in [2.24, 2.45) is 5.92 Å². The van der Waals surface area contributed by atoms with E-state index in [0.717, 1.165) is 18.6 Å². The Bertz CT molecular complexity index is 814. The molecule has 2 atom stereocenters. The molecule has 0 amide bonds. The highest BCUT2D eigenvalue weighted by Crippen LogP contribution is 2.50. The number of thioether (sulfide) groups is 2. The molecule has 0 radical (unpaired) electrons. The first kappa shape index (κ1) is 16.8. The monoisotopic (exact) mass is 368 g/mol. The number of carbonyl (C=O) groups is 1. The van der Waals surface area contributed by atoms with Gasteiger partial charge in [-0.15, -0.1) is 23.5 Å². The molecule has 4 rings (SSSR count). The number of benzene rings is 2. The largest absolute Gasteiger partial charge is 0.469 e. The first-order chi connectivity index (χ1) is 12.3. The second-order valence-corrected chi connectivity index (χ2v) is 8.55. The van der Waals surface area contributed by atoms with Crippen LogP contribution in [0.1, 0.15) is 17.5 Å². The lowest BCUT2D eigenvalue weighted by molar-refractivity contribution is -0.144. The summed E-state index contributed by atoms with van der Waals surface area (Å²) in [6.07, 6.45) is 2.08. The predicted octanol–water partition coefficient (Wildman–Crippen LogP) is 5.04. The van der Waals surface area contributed by atoms with Gasteiger partial charge >= 0.3 is 5.97 Å². The van der Waals surface area contributed by atoms with Gasteiger partial charge in [-0.25, -0.2) is 0 Å². The van der Waals surface area contributed by atoms with E-state index in [4.69, 9.17) is 4.74 Å². The Balaban J connectivity index is 1.75. The molecule has 1 aliphatic carbocycles. The van der Waals surface area contributed by atoms with Crippen LogP contribution in [0.3, 0.4) is 0 Å². The van der Waals surface area contributed by atoms with Gasteiger partial charge in [0, 0.05) is 20.8 Å². The van der Waals surface area contributed by atoms with Crippen LogP contribution < -0.4 is 0 Å². The number of ether oxygens (including phenoxy) is 1. The minimum absolute atomic E-state index is 0.0914. The van der Waals surface area contributed by atoms with Gasteiger partial charge < -0.3 is 4.74 Å². The van der Waals surface area contributed by atoms with E-state index in [1.807, 2.05) is 17.8 Å². The maximum Gasteiger partial charge on any atom is 0.310 e. The van der Waals surface area contributed by atoms with Crippen molar-refractivity contribution in [2.45, 2.75) is 23.0 Å². The average Bonchev–Trinajstić information content (AvgIpc) is 2.68. The summed E-state index contributed by atoms with van der Waals surface area (Å²) >= 11 is 3.63. The summed E-state index contributed by atoms with van der Waals surface area (Å²) in [5, 5.41) is 0.152. The number of carbonyl (C=O) groups excluding carboxylic acids is 1. The zero-order valence-electron chi connectivity index (χ0n) is 14.1. The van der Waals surface area contributed by atoms with Crippen LogP contribution in [0.25, 0.3) is 4.91 Å². The van der Waals surface area contributed by atoms with Crippen molar-refractivity contribution >= 4 is 34.4 Å². The predicted molar refractivity (Wildman–Crippen MR) is 106 cm³/mol. The lowest BCUT2D eigenvalue weighted by Crippen LogP contribution is -2.34. The van der Waals surface area contributed by atoms with Crippen molar-refractivity contribution in [2.75, 3.05) is 12.9 Å². The Kier molecular flexibility index (Phi) is 4.91. The number of rotatable bonds is 3. The molecule has 4 heteroatoms. The van der Waals surface area contributed by atoms with Gasteiger partial charge in [-0.2, -0.15) is 0 Å². The van der Waals surface area contributed by atoms with E-state index in [1.165, 1.54) is 33.6 Å². The summed E-state index contributed by atoms with van der Waals surface area (Å²) in [6.45, 7) is 0. The second-order valence-electron chi connectivity index (χ2n) is 6.30. The Morgan fingerprint density at radius 3 is 2.64 bits per heavy atom. The molecule has 0 N–H and O–H groups in total. The topological polar surface area (TPSA) is 26.3 Å². The van der Waals surface area contributed by atoms with Gasteiger partial charge in [0.25, 0.3) is 0 Å². The van der Waals surface area contributed by atoms with Crippen LogP contribution in [0, 0.1) is 5.92 Å². The molecule has 128 valence electrons. The minimum Gasteiger partial charge on any atom is -0.469 e. The average molecular weight is 369 g/mol. The van der Waals surface area contributed by atoms with Gasteiger partial charge in [-0.05, 0) is 41.7 Å². The third kappa shape index (κ3) is 3.25. The quantitative estimate of drug-likeness (QED) is 0.709. The van der Waals surface area contributed by atoms with Crippen molar-refractivity contribution in [3.63, 3.8) is 0 Å². The molecule has 2 aromatic carbocycles. The molecule has 2 nitrogen and oxygen atoms in total. The first-order valence-electron chi connectivity index (χ1n) is 8.51. The van der Waals surface area contributed by atoms with Crippen molar-refractivity contribution in [3.8, 4) is 0 Å². The fourth-order valence-corrected chi connectivity index (χ4v) is 6.60. The molecule has 2 unspecified atom stereocenters.